The van der Waals surface area contributed by atoms with Crippen LogP contribution in [0.5, 0.6) is 0 Å². The molecule has 1 aromatic carbocycles. The zero-order valence-corrected chi connectivity index (χ0v) is 12.0. The fraction of sp³-hybridized carbons (Fsp3) is 0.231. The Hall–Kier alpha value is -0.870. The van der Waals surface area contributed by atoms with Gasteiger partial charge in [0.15, 0.2) is 0 Å². The number of rotatable bonds is 3. The van der Waals surface area contributed by atoms with E-state index in [-0.39, 0.29) is 11.9 Å². The zero-order chi connectivity index (χ0) is 12.4. The highest BCUT2D eigenvalue weighted by atomic mass is 79.9. The van der Waals surface area contributed by atoms with Crippen LogP contribution in [-0.2, 0) is 0 Å². The normalized spacial score (nSPS) is 12.5. The average molecular weight is 314 g/mol. The molecule has 90 valence electrons. The first kappa shape index (κ1) is 12.6. The summed E-state index contributed by atoms with van der Waals surface area (Å²) < 4.78 is 14.5. The number of benzene rings is 1. The van der Waals surface area contributed by atoms with Crippen molar-refractivity contribution in [3.8, 4) is 0 Å². The lowest BCUT2D eigenvalue weighted by Crippen LogP contribution is -2.05. The molecule has 1 atom stereocenters. The molecule has 0 saturated heterocycles. The van der Waals surface area contributed by atoms with E-state index >= 15 is 0 Å². The van der Waals surface area contributed by atoms with Gasteiger partial charge in [0.05, 0.1) is 6.04 Å². The predicted molar refractivity (Wildman–Crippen MR) is 75.2 cm³/mol. The summed E-state index contributed by atoms with van der Waals surface area (Å²) >= 11 is 5.11. The van der Waals surface area contributed by atoms with Crippen molar-refractivity contribution < 1.29 is 4.39 Å². The van der Waals surface area contributed by atoms with E-state index in [2.05, 4.69) is 34.2 Å². The first-order valence-corrected chi connectivity index (χ1v) is 7.00. The van der Waals surface area contributed by atoms with Crippen LogP contribution in [0.3, 0.4) is 0 Å². The summed E-state index contributed by atoms with van der Waals surface area (Å²) in [5.74, 6) is -0.172. The van der Waals surface area contributed by atoms with Crippen LogP contribution in [0, 0.1) is 12.7 Å². The van der Waals surface area contributed by atoms with E-state index in [4.69, 9.17) is 0 Å². The van der Waals surface area contributed by atoms with Crippen LogP contribution in [-0.4, -0.2) is 0 Å². The molecule has 2 aromatic rings. The summed E-state index contributed by atoms with van der Waals surface area (Å²) in [7, 11) is 0. The van der Waals surface area contributed by atoms with Crippen LogP contribution >= 0.6 is 27.3 Å². The van der Waals surface area contributed by atoms with Crippen molar-refractivity contribution in [2.24, 2.45) is 0 Å². The van der Waals surface area contributed by atoms with Crippen LogP contribution in [0.25, 0.3) is 0 Å². The quantitative estimate of drug-likeness (QED) is 0.828. The van der Waals surface area contributed by atoms with Gasteiger partial charge in [-0.2, -0.15) is 0 Å². The lowest BCUT2D eigenvalue weighted by molar-refractivity contribution is 0.618. The molecule has 0 radical (unpaired) electrons. The van der Waals surface area contributed by atoms with Gasteiger partial charge in [0.2, 0.25) is 0 Å². The molecule has 1 unspecified atom stereocenters. The maximum atomic E-state index is 13.4. The summed E-state index contributed by atoms with van der Waals surface area (Å²) in [6.07, 6.45) is 0. The molecule has 0 bridgehead atoms. The molecule has 0 spiro atoms. The number of halogens is 2. The maximum absolute atomic E-state index is 13.4. The molecular weight excluding hydrogens is 301 g/mol. The number of hydrogen-bond donors (Lipinski definition) is 1. The third-order valence-electron chi connectivity index (χ3n) is 2.57. The Morgan fingerprint density at radius 3 is 2.71 bits per heavy atom. The third kappa shape index (κ3) is 3.07. The molecule has 0 aliphatic rings. The van der Waals surface area contributed by atoms with E-state index in [0.717, 1.165) is 10.2 Å². The Labute approximate surface area is 113 Å². The van der Waals surface area contributed by atoms with E-state index in [9.17, 15) is 4.39 Å². The number of thiophene rings is 1. The van der Waals surface area contributed by atoms with Gasteiger partial charge >= 0.3 is 0 Å². The molecule has 2 rings (SSSR count). The second-order valence-electron chi connectivity index (χ2n) is 4.00. The predicted octanol–water partition coefficient (Wildman–Crippen LogP) is 5.13. The second kappa shape index (κ2) is 5.19. The van der Waals surface area contributed by atoms with Gasteiger partial charge in [-0.3, -0.25) is 0 Å². The number of aryl methyl sites for hydroxylation is 1. The van der Waals surface area contributed by atoms with Crippen LogP contribution in [0.1, 0.15) is 23.4 Å². The molecule has 1 heterocycles. The van der Waals surface area contributed by atoms with Crippen LogP contribution in [0.15, 0.2) is 34.1 Å². The number of nitrogens with one attached hydrogen (secondary N) is 1. The van der Waals surface area contributed by atoms with Gasteiger partial charge in [0.25, 0.3) is 0 Å². The Kier molecular flexibility index (Phi) is 3.84. The van der Waals surface area contributed by atoms with Gasteiger partial charge in [0, 0.05) is 20.4 Å². The Bertz CT molecular complexity index is 524. The Morgan fingerprint density at radius 1 is 1.35 bits per heavy atom. The molecule has 0 aliphatic carbocycles. The minimum atomic E-state index is -0.172. The molecular formula is C13H13BrFNS. The van der Waals surface area contributed by atoms with Crippen LogP contribution < -0.4 is 5.32 Å². The number of anilines is 1. The molecule has 1 aromatic heterocycles. The van der Waals surface area contributed by atoms with Crippen molar-refractivity contribution in [1.82, 2.24) is 0 Å². The smallest absolute Gasteiger partial charge is 0.128 e. The van der Waals surface area contributed by atoms with E-state index in [1.165, 1.54) is 10.9 Å². The molecule has 0 saturated carbocycles. The standard InChI is InChI=1S/C13H13BrFNS/c1-8-3-4-11(6-12(8)15)16-9(2)13-5-10(14)7-17-13/h3-7,9,16H,1-2H3. The second-order valence-corrected chi connectivity index (χ2v) is 5.86. The molecule has 17 heavy (non-hydrogen) atoms. The van der Waals surface area contributed by atoms with Gasteiger partial charge < -0.3 is 5.32 Å². The largest absolute Gasteiger partial charge is 0.378 e. The van der Waals surface area contributed by atoms with E-state index in [0.29, 0.717) is 5.56 Å². The SMILES string of the molecule is Cc1ccc(NC(C)c2cc(Br)cs2)cc1F. The minimum absolute atomic E-state index is 0.172. The van der Waals surface area contributed by atoms with Gasteiger partial charge in [-0.05, 0) is 53.5 Å². The Morgan fingerprint density at radius 2 is 2.12 bits per heavy atom. The Balaban J connectivity index is 2.12. The topological polar surface area (TPSA) is 12.0 Å². The highest BCUT2D eigenvalue weighted by Crippen LogP contribution is 2.28. The molecule has 0 amide bonds. The highest BCUT2D eigenvalue weighted by Gasteiger charge is 2.08. The van der Waals surface area contributed by atoms with Crippen molar-refractivity contribution in [3.63, 3.8) is 0 Å². The van der Waals surface area contributed by atoms with Crippen molar-refractivity contribution in [3.05, 3.63) is 50.4 Å². The van der Waals surface area contributed by atoms with Gasteiger partial charge in [-0.25, -0.2) is 4.39 Å². The maximum Gasteiger partial charge on any atom is 0.128 e. The summed E-state index contributed by atoms with van der Waals surface area (Å²) in [4.78, 5) is 1.22. The van der Waals surface area contributed by atoms with Crippen molar-refractivity contribution in [2.75, 3.05) is 5.32 Å². The van der Waals surface area contributed by atoms with Crippen molar-refractivity contribution in [2.45, 2.75) is 19.9 Å². The molecule has 1 N–H and O–H groups in total. The molecule has 0 aliphatic heterocycles. The zero-order valence-electron chi connectivity index (χ0n) is 9.63. The minimum Gasteiger partial charge on any atom is -0.378 e. The summed E-state index contributed by atoms with van der Waals surface area (Å²) in [5.41, 5.74) is 1.48. The molecule has 1 nitrogen and oxygen atoms in total. The monoisotopic (exact) mass is 313 g/mol. The first-order chi connectivity index (χ1) is 8.06. The third-order valence-corrected chi connectivity index (χ3v) is 4.45. The van der Waals surface area contributed by atoms with E-state index < -0.39 is 0 Å². The van der Waals surface area contributed by atoms with Gasteiger partial charge in [0.1, 0.15) is 5.82 Å². The van der Waals surface area contributed by atoms with Crippen LogP contribution in [0.4, 0.5) is 10.1 Å². The van der Waals surface area contributed by atoms with Gasteiger partial charge in [-0.15, -0.1) is 11.3 Å². The number of hydrogen-bond acceptors (Lipinski definition) is 2. The highest BCUT2D eigenvalue weighted by molar-refractivity contribution is 9.10. The molecule has 4 heteroatoms. The van der Waals surface area contributed by atoms with Crippen molar-refractivity contribution in [1.29, 1.82) is 0 Å². The van der Waals surface area contributed by atoms with Gasteiger partial charge in [-0.1, -0.05) is 6.07 Å². The van der Waals surface area contributed by atoms with E-state index in [1.807, 2.05) is 11.4 Å². The fourth-order valence-corrected chi connectivity index (χ4v) is 3.01. The average Bonchev–Trinajstić information content (AvgIpc) is 2.70. The summed E-state index contributed by atoms with van der Waals surface area (Å²) in [5, 5.41) is 5.33. The molecule has 0 fully saturated rings. The lowest BCUT2D eigenvalue weighted by atomic mass is 10.2. The first-order valence-electron chi connectivity index (χ1n) is 5.33. The van der Waals surface area contributed by atoms with E-state index in [1.54, 1.807) is 24.3 Å². The fourth-order valence-electron chi connectivity index (χ4n) is 1.56. The summed E-state index contributed by atoms with van der Waals surface area (Å²) in [6.45, 7) is 3.83. The van der Waals surface area contributed by atoms with Crippen LogP contribution in [0.2, 0.25) is 0 Å². The lowest BCUT2D eigenvalue weighted by Gasteiger charge is -2.14. The van der Waals surface area contributed by atoms with Crippen molar-refractivity contribution >= 4 is 33.0 Å². The summed E-state index contributed by atoms with van der Waals surface area (Å²) in [6, 6.07) is 7.47.